The van der Waals surface area contributed by atoms with Crippen molar-refractivity contribution >= 4 is 17.2 Å². The summed E-state index contributed by atoms with van der Waals surface area (Å²) in [5, 5.41) is 0. The molecule has 0 atom stereocenters. The van der Waals surface area contributed by atoms with Crippen molar-refractivity contribution in [3.63, 3.8) is 0 Å². The van der Waals surface area contributed by atoms with Crippen LogP contribution in [-0.4, -0.2) is 36.1 Å². The molecule has 138 valence electrons. The summed E-state index contributed by atoms with van der Waals surface area (Å²) in [6.45, 7) is 3.10. The third-order valence-electron chi connectivity index (χ3n) is 4.56. The SMILES string of the molecule is Nc1c(Oc2ccccc2)ncnc1N1CCN(c2ccc(F)cc2)CC1. The van der Waals surface area contributed by atoms with E-state index in [1.54, 1.807) is 12.1 Å². The first-order valence-electron chi connectivity index (χ1n) is 8.79. The molecule has 0 spiro atoms. The molecule has 1 aliphatic rings. The average Bonchev–Trinajstić information content (AvgIpc) is 2.71. The zero-order valence-electron chi connectivity index (χ0n) is 14.8. The van der Waals surface area contributed by atoms with E-state index < -0.39 is 0 Å². The van der Waals surface area contributed by atoms with Crippen LogP contribution in [0.2, 0.25) is 0 Å². The Hall–Kier alpha value is -3.35. The van der Waals surface area contributed by atoms with E-state index in [0.29, 0.717) is 23.1 Å². The highest BCUT2D eigenvalue weighted by Crippen LogP contribution is 2.32. The molecule has 3 aromatic rings. The summed E-state index contributed by atoms with van der Waals surface area (Å²) in [6.07, 6.45) is 1.47. The van der Waals surface area contributed by atoms with E-state index >= 15 is 0 Å². The van der Waals surface area contributed by atoms with Crippen LogP contribution in [0.3, 0.4) is 0 Å². The van der Waals surface area contributed by atoms with Gasteiger partial charge in [0.05, 0.1) is 0 Å². The minimum absolute atomic E-state index is 0.225. The molecule has 2 heterocycles. The van der Waals surface area contributed by atoms with E-state index in [1.807, 2.05) is 30.3 Å². The number of ether oxygens (including phenoxy) is 1. The molecule has 0 unspecified atom stereocenters. The Bertz CT molecular complexity index is 896. The lowest BCUT2D eigenvalue weighted by atomic mass is 10.2. The van der Waals surface area contributed by atoms with Crippen LogP contribution in [0.4, 0.5) is 21.6 Å². The molecule has 1 aliphatic heterocycles. The quantitative estimate of drug-likeness (QED) is 0.765. The molecule has 27 heavy (non-hydrogen) atoms. The molecule has 7 heteroatoms. The normalized spacial score (nSPS) is 14.3. The van der Waals surface area contributed by atoms with Crippen molar-refractivity contribution in [3.05, 3.63) is 66.7 Å². The molecule has 0 radical (unpaired) electrons. The first-order chi connectivity index (χ1) is 13.2. The summed E-state index contributed by atoms with van der Waals surface area (Å²) in [4.78, 5) is 12.9. The predicted molar refractivity (Wildman–Crippen MR) is 104 cm³/mol. The van der Waals surface area contributed by atoms with E-state index in [0.717, 1.165) is 31.9 Å². The van der Waals surface area contributed by atoms with E-state index in [9.17, 15) is 4.39 Å². The van der Waals surface area contributed by atoms with Crippen molar-refractivity contribution in [2.24, 2.45) is 0 Å². The molecule has 6 nitrogen and oxygen atoms in total. The number of hydrogen-bond acceptors (Lipinski definition) is 6. The van der Waals surface area contributed by atoms with Gasteiger partial charge in [0, 0.05) is 31.9 Å². The van der Waals surface area contributed by atoms with Gasteiger partial charge >= 0.3 is 0 Å². The number of aromatic nitrogens is 2. The van der Waals surface area contributed by atoms with Gasteiger partial charge in [-0.1, -0.05) is 18.2 Å². The fraction of sp³-hybridized carbons (Fsp3) is 0.200. The van der Waals surface area contributed by atoms with Crippen molar-refractivity contribution in [3.8, 4) is 11.6 Å². The second-order valence-corrected chi connectivity index (χ2v) is 6.28. The number of para-hydroxylation sites is 1. The second kappa shape index (κ2) is 7.49. The highest BCUT2D eigenvalue weighted by atomic mass is 19.1. The molecule has 1 aromatic heterocycles. The standard InChI is InChI=1S/C20H20FN5O/c21-15-6-8-16(9-7-15)25-10-12-26(13-11-25)19-18(22)20(24-14-23-19)27-17-4-2-1-3-5-17/h1-9,14H,10-13,22H2. The van der Waals surface area contributed by atoms with Gasteiger partial charge in [0.2, 0.25) is 5.88 Å². The van der Waals surface area contributed by atoms with E-state index in [-0.39, 0.29) is 5.82 Å². The third-order valence-corrected chi connectivity index (χ3v) is 4.56. The number of hydrogen-bond donors (Lipinski definition) is 1. The molecule has 1 fully saturated rings. The summed E-state index contributed by atoms with van der Waals surface area (Å²) in [6, 6.07) is 16.0. The van der Waals surface area contributed by atoms with Crippen LogP contribution in [0.5, 0.6) is 11.6 Å². The van der Waals surface area contributed by atoms with Gasteiger partial charge in [-0.15, -0.1) is 0 Å². The van der Waals surface area contributed by atoms with Gasteiger partial charge in [0.1, 0.15) is 23.6 Å². The molecular weight excluding hydrogens is 345 g/mol. The molecule has 0 saturated carbocycles. The first kappa shape index (κ1) is 17.1. The molecular formula is C20H20FN5O. The predicted octanol–water partition coefficient (Wildman–Crippen LogP) is 3.32. The number of nitrogens with zero attached hydrogens (tertiary/aromatic N) is 4. The van der Waals surface area contributed by atoms with Gasteiger partial charge in [-0.05, 0) is 36.4 Å². The summed E-state index contributed by atoms with van der Waals surface area (Å²) in [5.74, 6) is 1.48. The van der Waals surface area contributed by atoms with Crippen molar-refractivity contribution in [2.45, 2.75) is 0 Å². The van der Waals surface area contributed by atoms with Crippen LogP contribution in [0.25, 0.3) is 0 Å². The number of anilines is 3. The van der Waals surface area contributed by atoms with Crippen LogP contribution in [-0.2, 0) is 0 Å². The molecule has 2 N–H and O–H groups in total. The minimum Gasteiger partial charge on any atom is -0.437 e. The van der Waals surface area contributed by atoms with E-state index in [4.69, 9.17) is 10.5 Å². The smallest absolute Gasteiger partial charge is 0.248 e. The maximum atomic E-state index is 13.1. The summed E-state index contributed by atoms with van der Waals surface area (Å²) in [5.41, 5.74) is 7.72. The van der Waals surface area contributed by atoms with Gasteiger partial charge in [-0.3, -0.25) is 0 Å². The highest BCUT2D eigenvalue weighted by Gasteiger charge is 2.22. The molecule has 1 saturated heterocycles. The second-order valence-electron chi connectivity index (χ2n) is 6.28. The van der Waals surface area contributed by atoms with Crippen LogP contribution in [0.15, 0.2) is 60.9 Å². The molecule has 2 aromatic carbocycles. The third kappa shape index (κ3) is 3.76. The highest BCUT2D eigenvalue weighted by molar-refractivity contribution is 5.68. The Kier molecular flexibility index (Phi) is 4.74. The lowest BCUT2D eigenvalue weighted by Gasteiger charge is -2.37. The minimum atomic E-state index is -0.225. The number of piperazine rings is 1. The molecule has 0 aliphatic carbocycles. The largest absolute Gasteiger partial charge is 0.437 e. The average molecular weight is 365 g/mol. The zero-order chi connectivity index (χ0) is 18.6. The fourth-order valence-corrected chi connectivity index (χ4v) is 3.13. The van der Waals surface area contributed by atoms with Crippen molar-refractivity contribution in [1.29, 1.82) is 0 Å². The maximum Gasteiger partial charge on any atom is 0.248 e. The van der Waals surface area contributed by atoms with Gasteiger partial charge in [0.15, 0.2) is 5.82 Å². The number of nitrogens with two attached hydrogens (primary N) is 1. The Balaban J connectivity index is 1.46. The zero-order valence-corrected chi connectivity index (χ0v) is 14.8. The Morgan fingerprint density at radius 2 is 1.52 bits per heavy atom. The van der Waals surface area contributed by atoms with Crippen molar-refractivity contribution in [1.82, 2.24) is 9.97 Å². The van der Waals surface area contributed by atoms with E-state index in [1.165, 1.54) is 18.5 Å². The van der Waals surface area contributed by atoms with Gasteiger partial charge < -0.3 is 20.3 Å². The monoisotopic (exact) mass is 365 g/mol. The van der Waals surface area contributed by atoms with Gasteiger partial charge in [-0.2, -0.15) is 4.98 Å². The van der Waals surface area contributed by atoms with Crippen LogP contribution >= 0.6 is 0 Å². The summed E-state index contributed by atoms with van der Waals surface area (Å²) >= 11 is 0. The lowest BCUT2D eigenvalue weighted by Crippen LogP contribution is -2.47. The van der Waals surface area contributed by atoms with Crippen molar-refractivity contribution < 1.29 is 9.13 Å². The summed E-state index contributed by atoms with van der Waals surface area (Å²) < 4.78 is 18.9. The van der Waals surface area contributed by atoms with Crippen molar-refractivity contribution in [2.75, 3.05) is 41.7 Å². The van der Waals surface area contributed by atoms with Gasteiger partial charge in [-0.25, -0.2) is 9.37 Å². The Morgan fingerprint density at radius 3 is 2.22 bits per heavy atom. The number of nitrogen functional groups attached to an aromatic ring is 1. The van der Waals surface area contributed by atoms with Crippen LogP contribution in [0, 0.1) is 5.82 Å². The number of halogens is 1. The molecule has 0 amide bonds. The van der Waals surface area contributed by atoms with E-state index in [2.05, 4.69) is 19.8 Å². The number of rotatable bonds is 4. The fourth-order valence-electron chi connectivity index (χ4n) is 3.13. The maximum absolute atomic E-state index is 13.1. The topological polar surface area (TPSA) is 67.5 Å². The molecule has 0 bridgehead atoms. The summed E-state index contributed by atoms with van der Waals surface area (Å²) in [7, 11) is 0. The van der Waals surface area contributed by atoms with Gasteiger partial charge in [0.25, 0.3) is 0 Å². The Labute approximate surface area is 157 Å². The first-order valence-corrected chi connectivity index (χ1v) is 8.79. The van der Waals surface area contributed by atoms with Crippen LogP contribution < -0.4 is 20.3 Å². The lowest BCUT2D eigenvalue weighted by molar-refractivity contribution is 0.464. The number of benzene rings is 2. The molecule has 4 rings (SSSR count). The van der Waals surface area contributed by atoms with Crippen LogP contribution in [0.1, 0.15) is 0 Å². The Morgan fingerprint density at radius 1 is 0.852 bits per heavy atom.